The molecule has 0 aliphatic heterocycles. The van der Waals surface area contributed by atoms with Gasteiger partial charge in [-0.05, 0) is 65.8 Å². The molecule has 0 bridgehead atoms. The van der Waals surface area contributed by atoms with Gasteiger partial charge in [-0.15, -0.1) is 0 Å². The minimum atomic E-state index is -4.41. The number of benzene rings is 2. The number of fused-ring (bicyclic) bond motifs is 1. The zero-order chi connectivity index (χ0) is 21.6. The summed E-state index contributed by atoms with van der Waals surface area (Å²) < 4.78 is 50.2. The van der Waals surface area contributed by atoms with Gasteiger partial charge in [0, 0.05) is 5.92 Å². The fourth-order valence-corrected chi connectivity index (χ4v) is 3.89. The Morgan fingerprint density at radius 1 is 1.20 bits per heavy atom. The molecule has 1 aliphatic rings. The summed E-state index contributed by atoms with van der Waals surface area (Å²) in [4.78, 5) is 13.6. The maximum Gasteiger partial charge on any atom is 0.419 e. The summed E-state index contributed by atoms with van der Waals surface area (Å²) in [5.41, 5.74) is 1.65. The SMILES string of the molecule is CC(C)c1cc(C(F)(F)F)ccc1Oc1ccc2c(c1)CC[C@H]2c1oc(=O)[nH]c1O. The van der Waals surface area contributed by atoms with Crippen LogP contribution in [0, 0.1) is 0 Å². The summed E-state index contributed by atoms with van der Waals surface area (Å²) in [5, 5.41) is 9.87. The average molecular weight is 419 g/mol. The summed E-state index contributed by atoms with van der Waals surface area (Å²) >= 11 is 0. The highest BCUT2D eigenvalue weighted by Crippen LogP contribution is 2.43. The predicted octanol–water partition coefficient (Wildman–Crippen LogP) is 5.69. The molecular formula is C22H20F3NO4. The molecule has 1 atom stereocenters. The van der Waals surface area contributed by atoms with E-state index in [1.807, 2.05) is 26.0 Å². The summed E-state index contributed by atoms with van der Waals surface area (Å²) in [5.74, 6) is -0.287. The van der Waals surface area contributed by atoms with Crippen LogP contribution in [0.4, 0.5) is 13.2 Å². The van der Waals surface area contributed by atoms with Crippen molar-refractivity contribution in [3.63, 3.8) is 0 Å². The van der Waals surface area contributed by atoms with Gasteiger partial charge < -0.3 is 14.3 Å². The number of ether oxygens (including phenoxy) is 1. The fourth-order valence-electron chi connectivity index (χ4n) is 3.89. The topological polar surface area (TPSA) is 75.5 Å². The van der Waals surface area contributed by atoms with Gasteiger partial charge in [-0.3, -0.25) is 4.98 Å². The Morgan fingerprint density at radius 2 is 1.97 bits per heavy atom. The normalized spacial score (nSPS) is 16.1. The van der Waals surface area contributed by atoms with Gasteiger partial charge in [0.2, 0.25) is 5.88 Å². The zero-order valence-corrected chi connectivity index (χ0v) is 16.3. The van der Waals surface area contributed by atoms with Gasteiger partial charge in [0.05, 0.1) is 5.56 Å². The van der Waals surface area contributed by atoms with Gasteiger partial charge in [0.25, 0.3) is 0 Å². The highest BCUT2D eigenvalue weighted by atomic mass is 19.4. The standard InChI is InChI=1S/C22H20F3NO4/c1-11(2)17-10-13(22(23,24)25)4-8-18(17)29-14-5-7-15-12(9-14)3-6-16(15)19-20(27)26-21(28)30-19/h4-5,7-11,16,27H,3,6H2,1-2H3,(H,26,28)/t16-/m1/s1. The molecule has 2 N–H and O–H groups in total. The number of rotatable bonds is 4. The molecule has 5 nitrogen and oxygen atoms in total. The number of aromatic hydroxyl groups is 1. The van der Waals surface area contributed by atoms with Crippen molar-refractivity contribution in [1.82, 2.24) is 4.98 Å². The van der Waals surface area contributed by atoms with E-state index in [0.29, 0.717) is 29.9 Å². The molecule has 1 aromatic heterocycles. The van der Waals surface area contributed by atoms with E-state index in [9.17, 15) is 23.1 Å². The Kier molecular flexibility index (Phi) is 4.88. The Balaban J connectivity index is 1.63. The minimum Gasteiger partial charge on any atom is -0.492 e. The molecule has 1 aliphatic carbocycles. The Labute approximate surface area is 170 Å². The van der Waals surface area contributed by atoms with Crippen LogP contribution in [0.5, 0.6) is 17.4 Å². The first kappa shape index (κ1) is 20.1. The molecular weight excluding hydrogens is 399 g/mol. The first-order valence-corrected chi connectivity index (χ1v) is 9.57. The third-order valence-electron chi connectivity index (χ3n) is 5.35. The number of aryl methyl sites for hydroxylation is 1. The Morgan fingerprint density at radius 3 is 2.60 bits per heavy atom. The number of aromatic nitrogens is 1. The van der Waals surface area contributed by atoms with Crippen molar-refractivity contribution in [3.05, 3.63) is 75.0 Å². The lowest BCUT2D eigenvalue weighted by molar-refractivity contribution is -0.137. The van der Waals surface area contributed by atoms with E-state index < -0.39 is 17.5 Å². The van der Waals surface area contributed by atoms with E-state index in [4.69, 9.17) is 9.15 Å². The van der Waals surface area contributed by atoms with Crippen molar-refractivity contribution in [2.75, 3.05) is 0 Å². The second-order valence-corrected chi connectivity index (χ2v) is 7.69. The highest BCUT2D eigenvalue weighted by Gasteiger charge is 2.32. The fraction of sp³-hybridized carbons (Fsp3) is 0.318. The van der Waals surface area contributed by atoms with Gasteiger partial charge in [0.1, 0.15) is 11.5 Å². The van der Waals surface area contributed by atoms with Crippen LogP contribution >= 0.6 is 0 Å². The van der Waals surface area contributed by atoms with Crippen LogP contribution in [0.1, 0.15) is 60.1 Å². The highest BCUT2D eigenvalue weighted by molar-refractivity contribution is 5.48. The number of oxazole rings is 1. The van der Waals surface area contributed by atoms with Crippen LogP contribution in [0.2, 0.25) is 0 Å². The van der Waals surface area contributed by atoms with E-state index in [2.05, 4.69) is 4.98 Å². The van der Waals surface area contributed by atoms with Crippen LogP contribution < -0.4 is 10.5 Å². The average Bonchev–Trinajstić information content (AvgIpc) is 3.22. The molecule has 8 heteroatoms. The number of aromatic amines is 1. The zero-order valence-electron chi connectivity index (χ0n) is 16.3. The van der Waals surface area contributed by atoms with E-state index in [1.54, 1.807) is 6.07 Å². The maximum absolute atomic E-state index is 13.1. The summed E-state index contributed by atoms with van der Waals surface area (Å²) in [7, 11) is 0. The Bertz CT molecular complexity index is 1140. The van der Waals surface area contributed by atoms with E-state index in [-0.39, 0.29) is 23.5 Å². The molecule has 0 saturated heterocycles. The molecule has 0 amide bonds. The van der Waals surface area contributed by atoms with Crippen LogP contribution in [0.15, 0.2) is 45.6 Å². The molecule has 1 heterocycles. The summed E-state index contributed by atoms with van der Waals surface area (Å²) in [6.45, 7) is 3.62. The number of halogens is 3. The molecule has 0 spiro atoms. The van der Waals surface area contributed by atoms with Gasteiger partial charge in [-0.2, -0.15) is 13.2 Å². The number of hydrogen-bond acceptors (Lipinski definition) is 4. The summed E-state index contributed by atoms with van der Waals surface area (Å²) in [6.07, 6.45) is -3.07. The number of hydrogen-bond donors (Lipinski definition) is 2. The molecule has 0 saturated carbocycles. The van der Waals surface area contributed by atoms with Crippen LogP contribution in [0.25, 0.3) is 0 Å². The largest absolute Gasteiger partial charge is 0.492 e. The maximum atomic E-state index is 13.1. The van der Waals surface area contributed by atoms with Gasteiger partial charge in [-0.1, -0.05) is 19.9 Å². The molecule has 30 heavy (non-hydrogen) atoms. The molecule has 0 radical (unpaired) electrons. The van der Waals surface area contributed by atoms with Crippen molar-refractivity contribution in [1.29, 1.82) is 0 Å². The van der Waals surface area contributed by atoms with Gasteiger partial charge in [-0.25, -0.2) is 4.79 Å². The predicted molar refractivity (Wildman–Crippen MR) is 103 cm³/mol. The van der Waals surface area contributed by atoms with Crippen molar-refractivity contribution in [3.8, 4) is 17.4 Å². The number of H-pyrrole nitrogens is 1. The lowest BCUT2D eigenvalue weighted by Crippen LogP contribution is -2.06. The summed E-state index contributed by atoms with van der Waals surface area (Å²) in [6, 6.07) is 8.87. The minimum absolute atomic E-state index is 0.152. The Hall–Kier alpha value is -3.16. The van der Waals surface area contributed by atoms with E-state index >= 15 is 0 Å². The van der Waals surface area contributed by atoms with Crippen molar-refractivity contribution in [2.24, 2.45) is 0 Å². The third-order valence-corrected chi connectivity index (χ3v) is 5.35. The molecule has 4 rings (SSSR count). The molecule has 2 aromatic carbocycles. The smallest absolute Gasteiger partial charge is 0.419 e. The third kappa shape index (κ3) is 3.69. The molecule has 0 fully saturated rings. The molecule has 3 aromatic rings. The molecule has 158 valence electrons. The number of alkyl halides is 3. The number of nitrogens with one attached hydrogen (secondary N) is 1. The molecule has 0 unspecified atom stereocenters. The van der Waals surface area contributed by atoms with Gasteiger partial charge in [0.15, 0.2) is 5.76 Å². The van der Waals surface area contributed by atoms with E-state index in [1.165, 1.54) is 6.07 Å². The van der Waals surface area contributed by atoms with Gasteiger partial charge >= 0.3 is 11.9 Å². The van der Waals surface area contributed by atoms with Crippen molar-refractivity contribution < 1.29 is 27.4 Å². The van der Waals surface area contributed by atoms with E-state index in [0.717, 1.165) is 23.3 Å². The monoisotopic (exact) mass is 419 g/mol. The van der Waals surface area contributed by atoms with Crippen LogP contribution in [-0.2, 0) is 12.6 Å². The van der Waals surface area contributed by atoms with Crippen LogP contribution in [-0.4, -0.2) is 10.1 Å². The second-order valence-electron chi connectivity index (χ2n) is 7.69. The quantitative estimate of drug-likeness (QED) is 0.570. The first-order valence-electron chi connectivity index (χ1n) is 9.57. The lowest BCUT2D eigenvalue weighted by Gasteiger charge is -2.17. The second kappa shape index (κ2) is 7.27. The van der Waals surface area contributed by atoms with Crippen molar-refractivity contribution in [2.45, 2.75) is 44.7 Å². The lowest BCUT2D eigenvalue weighted by atomic mass is 9.98. The first-order chi connectivity index (χ1) is 14.1. The van der Waals surface area contributed by atoms with Crippen molar-refractivity contribution >= 4 is 0 Å². The van der Waals surface area contributed by atoms with Crippen LogP contribution in [0.3, 0.4) is 0 Å².